The molecule has 0 unspecified atom stereocenters. The van der Waals surface area contributed by atoms with Gasteiger partial charge in [-0.3, -0.25) is 9.69 Å². The maximum Gasteiger partial charge on any atom is 0.258 e. The first-order chi connectivity index (χ1) is 16.2. The van der Waals surface area contributed by atoms with Gasteiger partial charge in [-0.2, -0.15) is 0 Å². The van der Waals surface area contributed by atoms with Crippen molar-refractivity contribution in [1.29, 1.82) is 0 Å². The molecule has 0 atom stereocenters. The predicted octanol–water partition coefficient (Wildman–Crippen LogP) is 5.28. The van der Waals surface area contributed by atoms with Crippen LogP contribution in [0.1, 0.15) is 34.3 Å². The highest BCUT2D eigenvalue weighted by atomic mass is 35.5. The lowest BCUT2D eigenvalue weighted by molar-refractivity contribution is 0.102. The number of carbonyl (C=O) groups excluding carboxylic acids is 1. The molecule has 0 saturated carbocycles. The molecule has 0 spiro atoms. The lowest BCUT2D eigenvalue weighted by Gasteiger charge is -2.36. The second kappa shape index (κ2) is 9.94. The molecule has 2 heterocycles. The molecule has 5 nitrogen and oxygen atoms in total. The first-order valence-corrected chi connectivity index (χ1v) is 12.1. The molecule has 3 aromatic rings. The van der Waals surface area contributed by atoms with Crippen molar-refractivity contribution in [3.05, 3.63) is 88.6 Å². The second-order valence-corrected chi connectivity index (χ2v) is 9.49. The summed E-state index contributed by atoms with van der Waals surface area (Å²) in [6.45, 7) is 3.17. The molecule has 33 heavy (non-hydrogen) atoms. The summed E-state index contributed by atoms with van der Waals surface area (Å²) in [7, 11) is 0. The van der Waals surface area contributed by atoms with Crippen LogP contribution in [0.5, 0.6) is 0 Å². The lowest BCUT2D eigenvalue weighted by Crippen LogP contribution is -2.43. The average molecular weight is 461 g/mol. The second-order valence-electron chi connectivity index (χ2n) is 9.05. The van der Waals surface area contributed by atoms with E-state index in [2.05, 4.69) is 44.8 Å². The number of fused-ring (bicyclic) bond motifs is 1. The van der Waals surface area contributed by atoms with Crippen molar-refractivity contribution in [2.75, 3.05) is 30.3 Å². The van der Waals surface area contributed by atoms with E-state index < -0.39 is 0 Å². The van der Waals surface area contributed by atoms with Gasteiger partial charge in [0, 0.05) is 24.5 Å². The Kier molecular flexibility index (Phi) is 6.60. The third kappa shape index (κ3) is 5.21. The van der Waals surface area contributed by atoms with E-state index in [1.54, 1.807) is 12.1 Å². The number of likely N-dealkylation sites (tertiary alicyclic amines) is 1. The Balaban J connectivity index is 1.13. The molecular formula is C27H29ClN4O. The highest BCUT2D eigenvalue weighted by molar-refractivity contribution is 6.30. The number of rotatable bonds is 6. The van der Waals surface area contributed by atoms with Gasteiger partial charge >= 0.3 is 0 Å². The van der Waals surface area contributed by atoms with Crippen LogP contribution in [0.4, 0.5) is 11.5 Å². The monoisotopic (exact) mass is 460 g/mol. The molecule has 0 bridgehead atoms. The van der Waals surface area contributed by atoms with Gasteiger partial charge in [-0.1, -0.05) is 48.0 Å². The van der Waals surface area contributed by atoms with Crippen LogP contribution < -0.4 is 10.6 Å². The quantitative estimate of drug-likeness (QED) is 0.525. The van der Waals surface area contributed by atoms with Gasteiger partial charge in [0.05, 0.1) is 10.6 Å². The van der Waals surface area contributed by atoms with Gasteiger partial charge in [0.1, 0.15) is 5.82 Å². The number of nitrogens with zero attached hydrogens (tertiary/aromatic N) is 2. The van der Waals surface area contributed by atoms with Crippen LogP contribution >= 0.6 is 11.6 Å². The van der Waals surface area contributed by atoms with E-state index in [1.807, 2.05) is 24.3 Å². The lowest BCUT2D eigenvalue weighted by atomic mass is 9.95. The number of anilines is 2. The molecular weight excluding hydrogens is 432 g/mol. The molecule has 2 N–H and O–H groups in total. The fourth-order valence-electron chi connectivity index (χ4n) is 5.04. The maximum atomic E-state index is 12.8. The Labute approximate surface area is 200 Å². The first kappa shape index (κ1) is 21.9. The zero-order valence-electron chi connectivity index (χ0n) is 18.6. The number of piperidine rings is 1. The largest absolute Gasteiger partial charge is 0.384 e. The van der Waals surface area contributed by atoms with E-state index >= 15 is 0 Å². The molecule has 5 rings (SSSR count). The SMILES string of the molecule is O=C(Nc1ccc(Cl)cn1)c1ccccc1NCC1CCN(C2Cc3ccccc3C2)CC1. The summed E-state index contributed by atoms with van der Waals surface area (Å²) in [6, 6.07) is 20.6. The normalized spacial score (nSPS) is 17.0. The van der Waals surface area contributed by atoms with Crippen molar-refractivity contribution < 1.29 is 4.79 Å². The van der Waals surface area contributed by atoms with Crippen molar-refractivity contribution in [2.45, 2.75) is 31.7 Å². The van der Waals surface area contributed by atoms with Gasteiger partial charge in [-0.05, 0) is 80.1 Å². The van der Waals surface area contributed by atoms with Crippen LogP contribution in [0.2, 0.25) is 5.02 Å². The van der Waals surface area contributed by atoms with Gasteiger partial charge in [0.2, 0.25) is 0 Å². The van der Waals surface area contributed by atoms with Crippen LogP contribution in [0.3, 0.4) is 0 Å². The summed E-state index contributed by atoms with van der Waals surface area (Å²) in [5, 5.41) is 6.93. The average Bonchev–Trinajstić information content (AvgIpc) is 3.29. The number of aromatic nitrogens is 1. The van der Waals surface area contributed by atoms with E-state index in [0.29, 0.717) is 28.4 Å². The van der Waals surface area contributed by atoms with Crippen LogP contribution in [-0.4, -0.2) is 41.5 Å². The van der Waals surface area contributed by atoms with Gasteiger partial charge < -0.3 is 10.6 Å². The molecule has 1 aromatic heterocycles. The first-order valence-electron chi connectivity index (χ1n) is 11.7. The van der Waals surface area contributed by atoms with Gasteiger partial charge in [0.15, 0.2) is 0 Å². The fourth-order valence-corrected chi connectivity index (χ4v) is 5.15. The van der Waals surface area contributed by atoms with Crippen LogP contribution in [0, 0.1) is 5.92 Å². The number of carbonyl (C=O) groups is 1. The number of hydrogen-bond donors (Lipinski definition) is 2. The summed E-state index contributed by atoms with van der Waals surface area (Å²) in [4.78, 5) is 19.7. The topological polar surface area (TPSA) is 57.3 Å². The van der Waals surface area contributed by atoms with Crippen molar-refractivity contribution in [1.82, 2.24) is 9.88 Å². The molecule has 170 valence electrons. The van der Waals surface area contributed by atoms with E-state index in [1.165, 1.54) is 43.0 Å². The molecule has 6 heteroatoms. The van der Waals surface area contributed by atoms with Crippen molar-refractivity contribution in [2.24, 2.45) is 5.92 Å². The highest BCUT2D eigenvalue weighted by Crippen LogP contribution is 2.29. The van der Waals surface area contributed by atoms with E-state index in [-0.39, 0.29) is 5.91 Å². The summed E-state index contributed by atoms with van der Waals surface area (Å²) < 4.78 is 0. The van der Waals surface area contributed by atoms with Crippen molar-refractivity contribution in [3.8, 4) is 0 Å². The molecule has 0 radical (unpaired) electrons. The van der Waals surface area contributed by atoms with Crippen LogP contribution in [0.25, 0.3) is 0 Å². The number of pyridine rings is 1. The Morgan fingerprint density at radius 2 is 1.67 bits per heavy atom. The third-order valence-corrected chi connectivity index (χ3v) is 7.14. The van der Waals surface area contributed by atoms with Crippen LogP contribution in [-0.2, 0) is 12.8 Å². The molecule has 2 aliphatic rings. The van der Waals surface area contributed by atoms with Gasteiger partial charge in [-0.25, -0.2) is 4.98 Å². The fraction of sp³-hybridized carbons (Fsp3) is 0.333. The maximum absolute atomic E-state index is 12.8. The molecule has 1 fully saturated rings. The number of nitrogens with one attached hydrogen (secondary N) is 2. The standard InChI is InChI=1S/C27H29ClN4O/c28-22-9-10-26(30-18-22)31-27(33)24-7-3-4-8-25(24)29-17-19-11-13-32(14-12-19)23-15-20-5-1-2-6-21(20)16-23/h1-10,18-19,23,29H,11-17H2,(H,30,31,33). The van der Waals surface area contributed by atoms with Crippen LogP contribution in [0.15, 0.2) is 66.9 Å². The minimum atomic E-state index is -0.177. The molecule has 1 saturated heterocycles. The zero-order valence-corrected chi connectivity index (χ0v) is 19.4. The van der Waals surface area contributed by atoms with Gasteiger partial charge in [0.25, 0.3) is 5.91 Å². The third-order valence-electron chi connectivity index (χ3n) is 6.92. The minimum absolute atomic E-state index is 0.177. The summed E-state index contributed by atoms with van der Waals surface area (Å²) >= 11 is 5.88. The van der Waals surface area contributed by atoms with Gasteiger partial charge in [-0.15, -0.1) is 0 Å². The number of hydrogen-bond acceptors (Lipinski definition) is 4. The Morgan fingerprint density at radius 3 is 2.36 bits per heavy atom. The molecule has 1 amide bonds. The number of amides is 1. The Hall–Kier alpha value is -2.89. The number of benzene rings is 2. The number of para-hydroxylation sites is 1. The predicted molar refractivity (Wildman–Crippen MR) is 134 cm³/mol. The summed E-state index contributed by atoms with van der Waals surface area (Å²) in [5.74, 6) is 0.920. The summed E-state index contributed by atoms with van der Waals surface area (Å²) in [5.41, 5.74) is 4.53. The zero-order chi connectivity index (χ0) is 22.6. The molecule has 1 aliphatic heterocycles. The van der Waals surface area contributed by atoms with E-state index in [9.17, 15) is 4.79 Å². The molecule has 1 aliphatic carbocycles. The smallest absolute Gasteiger partial charge is 0.258 e. The molecule has 2 aromatic carbocycles. The van der Waals surface area contributed by atoms with E-state index in [0.717, 1.165) is 25.3 Å². The Bertz CT molecular complexity index is 1080. The van der Waals surface area contributed by atoms with E-state index in [4.69, 9.17) is 11.6 Å². The summed E-state index contributed by atoms with van der Waals surface area (Å²) in [6.07, 6.45) is 6.26. The Morgan fingerprint density at radius 1 is 0.970 bits per heavy atom. The highest BCUT2D eigenvalue weighted by Gasteiger charge is 2.29. The van der Waals surface area contributed by atoms with Crippen molar-refractivity contribution in [3.63, 3.8) is 0 Å². The number of halogens is 1. The minimum Gasteiger partial charge on any atom is -0.384 e. The van der Waals surface area contributed by atoms with Crippen molar-refractivity contribution >= 4 is 29.0 Å².